The second kappa shape index (κ2) is 8.79. The van der Waals surface area contributed by atoms with Gasteiger partial charge in [0.05, 0.1) is 18.0 Å². The lowest BCUT2D eigenvalue weighted by Crippen LogP contribution is -2.44. The lowest BCUT2D eigenvalue weighted by atomic mass is 10.1. The number of methoxy groups -OCH3 is 1. The average Bonchev–Trinajstić information content (AvgIpc) is 2.85. The first kappa shape index (κ1) is 21.9. The molecule has 1 fully saturated rings. The first-order valence-electron chi connectivity index (χ1n) is 11.1. The van der Waals surface area contributed by atoms with Crippen LogP contribution >= 0.6 is 0 Å². The second-order valence-corrected chi connectivity index (χ2v) is 8.36. The van der Waals surface area contributed by atoms with E-state index in [1.165, 1.54) is 13.3 Å². The Morgan fingerprint density at radius 1 is 1.12 bits per heavy atom. The Morgan fingerprint density at radius 3 is 2.56 bits per heavy atom. The van der Waals surface area contributed by atoms with Crippen molar-refractivity contribution >= 4 is 33.3 Å². The number of nitrogens with zero attached hydrogens (tertiary/aromatic N) is 2. The molecule has 8 heteroatoms. The molecule has 3 aromatic carbocycles. The van der Waals surface area contributed by atoms with E-state index in [-0.39, 0.29) is 23.4 Å². The Bertz CT molecular complexity index is 1470. The number of anilines is 1. The molecule has 2 heterocycles. The van der Waals surface area contributed by atoms with Gasteiger partial charge < -0.3 is 24.6 Å². The first-order chi connectivity index (χ1) is 16.5. The molecule has 1 aromatic heterocycles. The van der Waals surface area contributed by atoms with Crippen molar-refractivity contribution in [3.8, 4) is 5.75 Å². The van der Waals surface area contributed by atoms with Crippen LogP contribution in [0.5, 0.6) is 5.75 Å². The summed E-state index contributed by atoms with van der Waals surface area (Å²) >= 11 is 0. The van der Waals surface area contributed by atoms with Crippen LogP contribution in [0.3, 0.4) is 0 Å². The highest BCUT2D eigenvalue weighted by atomic mass is 19.1. The molecule has 0 unspecified atom stereocenters. The first-order valence-corrected chi connectivity index (χ1v) is 11.1. The van der Waals surface area contributed by atoms with Gasteiger partial charge in [-0.25, -0.2) is 9.18 Å². The van der Waals surface area contributed by atoms with E-state index >= 15 is 4.39 Å². The molecule has 0 saturated carbocycles. The number of rotatable bonds is 5. The van der Waals surface area contributed by atoms with Gasteiger partial charge >= 0.3 is 5.97 Å². The Balaban J connectivity index is 1.76. The van der Waals surface area contributed by atoms with Gasteiger partial charge in [-0.1, -0.05) is 36.4 Å². The Kier molecular flexibility index (Phi) is 5.67. The summed E-state index contributed by atoms with van der Waals surface area (Å²) in [6, 6.07) is 15.1. The summed E-state index contributed by atoms with van der Waals surface area (Å²) in [5, 5.41) is 15.0. The van der Waals surface area contributed by atoms with E-state index in [1.807, 2.05) is 47.4 Å². The summed E-state index contributed by atoms with van der Waals surface area (Å²) in [7, 11) is 1.44. The monoisotopic (exact) mass is 461 g/mol. The third-order valence-electron chi connectivity index (χ3n) is 6.28. The van der Waals surface area contributed by atoms with Crippen LogP contribution in [0.1, 0.15) is 15.9 Å². The fourth-order valence-corrected chi connectivity index (χ4v) is 4.68. The molecule has 1 aliphatic rings. The normalized spacial score (nSPS) is 14.0. The van der Waals surface area contributed by atoms with Gasteiger partial charge in [0.2, 0.25) is 5.43 Å². The SMILES string of the molecule is COc1c(N2CCNCC2)c(F)cc2c(=O)c(C(=O)O)cn(Cc3ccc4ccccc4c3)c12. The number of benzene rings is 3. The minimum absolute atomic E-state index is 0.0195. The van der Waals surface area contributed by atoms with Crippen molar-refractivity contribution in [3.63, 3.8) is 0 Å². The molecule has 34 heavy (non-hydrogen) atoms. The van der Waals surface area contributed by atoms with Gasteiger partial charge in [0, 0.05) is 38.9 Å². The van der Waals surface area contributed by atoms with Crippen molar-refractivity contribution in [2.24, 2.45) is 0 Å². The van der Waals surface area contributed by atoms with Crippen LogP contribution in [-0.4, -0.2) is 48.9 Å². The zero-order chi connectivity index (χ0) is 23.8. The fraction of sp³-hybridized carbons (Fsp3) is 0.231. The van der Waals surface area contributed by atoms with Gasteiger partial charge in [-0.15, -0.1) is 0 Å². The van der Waals surface area contributed by atoms with Gasteiger partial charge in [0.25, 0.3) is 0 Å². The molecule has 0 bridgehead atoms. The summed E-state index contributed by atoms with van der Waals surface area (Å²) in [5.74, 6) is -1.74. The summed E-state index contributed by atoms with van der Waals surface area (Å²) in [6.07, 6.45) is 1.32. The van der Waals surface area contributed by atoms with Crippen molar-refractivity contribution < 1.29 is 19.0 Å². The van der Waals surface area contributed by atoms with E-state index < -0.39 is 22.8 Å². The van der Waals surface area contributed by atoms with E-state index in [0.29, 0.717) is 31.7 Å². The highest BCUT2D eigenvalue weighted by Gasteiger charge is 2.26. The molecule has 2 N–H and O–H groups in total. The number of pyridine rings is 1. The van der Waals surface area contributed by atoms with Crippen LogP contribution in [-0.2, 0) is 6.54 Å². The lowest BCUT2D eigenvalue weighted by molar-refractivity contribution is 0.0695. The van der Waals surface area contributed by atoms with Crippen molar-refractivity contribution in [3.05, 3.63) is 81.9 Å². The molecular weight excluding hydrogens is 437 g/mol. The standard InChI is InChI=1S/C26H24FN3O4/c1-34-25-22-19(13-21(27)23(25)29-10-8-28-9-11-29)24(31)20(26(32)33)15-30(22)14-16-6-7-17-4-2-3-5-18(17)12-16/h2-7,12-13,15,28H,8-11,14H2,1H3,(H,32,33). The minimum Gasteiger partial charge on any atom is -0.492 e. The van der Waals surface area contributed by atoms with Crippen LogP contribution in [0.4, 0.5) is 10.1 Å². The summed E-state index contributed by atoms with van der Waals surface area (Å²) < 4.78 is 22.7. The number of fused-ring (bicyclic) bond motifs is 2. The van der Waals surface area contributed by atoms with Crippen molar-refractivity contribution in [1.82, 2.24) is 9.88 Å². The fourth-order valence-electron chi connectivity index (χ4n) is 4.68. The number of piperazine rings is 1. The predicted molar refractivity (Wildman–Crippen MR) is 130 cm³/mol. The number of carboxylic acid groups (broad SMARTS) is 1. The van der Waals surface area contributed by atoms with E-state index in [1.54, 1.807) is 4.57 Å². The largest absolute Gasteiger partial charge is 0.492 e. The molecule has 1 aliphatic heterocycles. The highest BCUT2D eigenvalue weighted by molar-refractivity contribution is 5.97. The van der Waals surface area contributed by atoms with E-state index in [0.717, 1.165) is 22.4 Å². The molecule has 7 nitrogen and oxygen atoms in total. The van der Waals surface area contributed by atoms with Gasteiger partial charge in [0.1, 0.15) is 11.3 Å². The van der Waals surface area contributed by atoms with Gasteiger partial charge in [0.15, 0.2) is 11.6 Å². The lowest BCUT2D eigenvalue weighted by Gasteiger charge is -2.31. The number of ether oxygens (including phenoxy) is 1. The molecular formula is C26H24FN3O4. The number of carbonyl (C=O) groups is 1. The Hall–Kier alpha value is -3.91. The topological polar surface area (TPSA) is 83.8 Å². The van der Waals surface area contributed by atoms with Crippen molar-refractivity contribution in [2.75, 3.05) is 38.2 Å². The zero-order valence-electron chi connectivity index (χ0n) is 18.7. The van der Waals surface area contributed by atoms with Gasteiger partial charge in [-0.2, -0.15) is 0 Å². The third kappa shape index (κ3) is 3.76. The average molecular weight is 461 g/mol. The molecule has 0 atom stereocenters. The van der Waals surface area contributed by atoms with Crippen molar-refractivity contribution in [2.45, 2.75) is 6.54 Å². The van der Waals surface area contributed by atoms with E-state index in [9.17, 15) is 14.7 Å². The molecule has 4 aromatic rings. The van der Waals surface area contributed by atoms with Crippen LogP contribution in [0, 0.1) is 5.82 Å². The molecule has 0 radical (unpaired) electrons. The molecule has 0 aliphatic carbocycles. The number of carboxylic acids is 1. The maximum absolute atomic E-state index is 15.4. The third-order valence-corrected chi connectivity index (χ3v) is 6.28. The zero-order valence-corrected chi connectivity index (χ0v) is 18.7. The second-order valence-electron chi connectivity index (χ2n) is 8.36. The number of halogens is 1. The number of hydrogen-bond acceptors (Lipinski definition) is 5. The van der Waals surface area contributed by atoms with Crippen LogP contribution in [0.15, 0.2) is 59.5 Å². The highest BCUT2D eigenvalue weighted by Crippen LogP contribution is 2.38. The predicted octanol–water partition coefficient (Wildman–Crippen LogP) is 3.46. The quantitative estimate of drug-likeness (QED) is 0.474. The maximum Gasteiger partial charge on any atom is 0.341 e. The summed E-state index contributed by atoms with van der Waals surface area (Å²) in [4.78, 5) is 26.8. The Morgan fingerprint density at radius 2 is 1.85 bits per heavy atom. The number of aromatic carboxylic acids is 1. The van der Waals surface area contributed by atoms with Gasteiger partial charge in [-0.05, 0) is 28.5 Å². The number of aromatic nitrogens is 1. The molecule has 0 amide bonds. The van der Waals surface area contributed by atoms with Crippen LogP contribution in [0.2, 0.25) is 0 Å². The molecule has 1 saturated heterocycles. The summed E-state index contributed by atoms with van der Waals surface area (Å²) in [6.45, 7) is 2.84. The minimum atomic E-state index is -1.36. The summed E-state index contributed by atoms with van der Waals surface area (Å²) in [5.41, 5.74) is 0.424. The number of nitrogens with one attached hydrogen (secondary N) is 1. The molecule has 174 valence electrons. The number of hydrogen-bond donors (Lipinski definition) is 2. The van der Waals surface area contributed by atoms with E-state index in [4.69, 9.17) is 4.74 Å². The van der Waals surface area contributed by atoms with E-state index in [2.05, 4.69) is 5.32 Å². The smallest absolute Gasteiger partial charge is 0.341 e. The maximum atomic E-state index is 15.4. The van der Waals surface area contributed by atoms with Gasteiger partial charge in [-0.3, -0.25) is 4.79 Å². The van der Waals surface area contributed by atoms with Crippen molar-refractivity contribution in [1.29, 1.82) is 0 Å². The Labute approximate surface area is 195 Å². The molecule has 5 rings (SSSR count). The van der Waals surface area contributed by atoms with Crippen LogP contribution in [0.25, 0.3) is 21.7 Å². The molecule has 0 spiro atoms. The van der Waals surface area contributed by atoms with Crippen LogP contribution < -0.4 is 20.4 Å².